The van der Waals surface area contributed by atoms with Crippen molar-refractivity contribution >= 4 is 28.2 Å². The summed E-state index contributed by atoms with van der Waals surface area (Å²) in [6, 6.07) is 16.9. The van der Waals surface area contributed by atoms with Crippen LogP contribution in [0.15, 0.2) is 52.9 Å². The summed E-state index contributed by atoms with van der Waals surface area (Å²) in [4.78, 5) is 0. The molecule has 0 spiro atoms. The van der Waals surface area contributed by atoms with Gasteiger partial charge in [0.15, 0.2) is 4.34 Å². The SMILES string of the molecule is Cc1ccc(C)c(CSc2nnc(NCc3ccccc3)s2)c1. The summed E-state index contributed by atoms with van der Waals surface area (Å²) in [6.07, 6.45) is 0. The second kappa shape index (κ2) is 7.62. The van der Waals surface area contributed by atoms with Crippen LogP contribution in [0.1, 0.15) is 22.3 Å². The highest BCUT2D eigenvalue weighted by Crippen LogP contribution is 2.29. The van der Waals surface area contributed by atoms with E-state index in [0.29, 0.717) is 0 Å². The lowest BCUT2D eigenvalue weighted by Crippen LogP contribution is -1.98. The number of benzene rings is 2. The van der Waals surface area contributed by atoms with Crippen molar-refractivity contribution in [1.29, 1.82) is 0 Å². The van der Waals surface area contributed by atoms with Gasteiger partial charge in [-0.2, -0.15) is 0 Å². The standard InChI is InChI=1S/C18H19N3S2/c1-13-8-9-14(2)16(10-13)12-22-18-21-20-17(23-18)19-11-15-6-4-3-5-7-15/h3-10H,11-12H2,1-2H3,(H,19,20). The van der Waals surface area contributed by atoms with Gasteiger partial charge in [0.2, 0.25) is 5.13 Å². The van der Waals surface area contributed by atoms with Gasteiger partial charge in [-0.15, -0.1) is 10.2 Å². The van der Waals surface area contributed by atoms with Crippen molar-refractivity contribution in [2.24, 2.45) is 0 Å². The second-order valence-corrected chi connectivity index (χ2v) is 7.63. The van der Waals surface area contributed by atoms with Gasteiger partial charge >= 0.3 is 0 Å². The van der Waals surface area contributed by atoms with E-state index in [9.17, 15) is 0 Å². The number of anilines is 1. The van der Waals surface area contributed by atoms with Gasteiger partial charge in [0.1, 0.15) is 0 Å². The molecule has 1 heterocycles. The Morgan fingerprint density at radius 2 is 1.87 bits per heavy atom. The van der Waals surface area contributed by atoms with Gasteiger partial charge in [-0.3, -0.25) is 0 Å². The van der Waals surface area contributed by atoms with E-state index in [1.807, 2.05) is 18.2 Å². The molecule has 1 N–H and O–H groups in total. The van der Waals surface area contributed by atoms with E-state index in [0.717, 1.165) is 21.8 Å². The summed E-state index contributed by atoms with van der Waals surface area (Å²) in [7, 11) is 0. The van der Waals surface area contributed by atoms with Crippen LogP contribution in [0.3, 0.4) is 0 Å². The maximum atomic E-state index is 4.26. The van der Waals surface area contributed by atoms with Gasteiger partial charge in [0.05, 0.1) is 0 Å². The fraction of sp³-hybridized carbons (Fsp3) is 0.222. The van der Waals surface area contributed by atoms with Gasteiger partial charge in [-0.1, -0.05) is 77.2 Å². The summed E-state index contributed by atoms with van der Waals surface area (Å²) in [5.41, 5.74) is 5.24. The highest BCUT2D eigenvalue weighted by molar-refractivity contribution is 8.00. The molecule has 118 valence electrons. The zero-order valence-electron chi connectivity index (χ0n) is 13.2. The number of nitrogens with one attached hydrogen (secondary N) is 1. The van der Waals surface area contributed by atoms with Gasteiger partial charge in [0.25, 0.3) is 0 Å². The summed E-state index contributed by atoms with van der Waals surface area (Å²) >= 11 is 3.35. The van der Waals surface area contributed by atoms with Crippen LogP contribution in [-0.4, -0.2) is 10.2 Å². The fourth-order valence-electron chi connectivity index (χ4n) is 2.21. The Labute approximate surface area is 145 Å². The third kappa shape index (κ3) is 4.56. The molecule has 1 aromatic heterocycles. The molecule has 0 aliphatic heterocycles. The summed E-state index contributed by atoms with van der Waals surface area (Å²) in [6.45, 7) is 5.06. The first-order valence-electron chi connectivity index (χ1n) is 7.51. The first-order valence-corrected chi connectivity index (χ1v) is 9.31. The first kappa shape index (κ1) is 16.0. The molecule has 3 nitrogen and oxygen atoms in total. The Hall–Kier alpha value is -1.85. The number of aryl methyl sites for hydroxylation is 2. The minimum atomic E-state index is 0.775. The molecule has 3 aromatic rings. The third-order valence-electron chi connectivity index (χ3n) is 3.55. The lowest BCUT2D eigenvalue weighted by atomic mass is 10.1. The highest BCUT2D eigenvalue weighted by Gasteiger charge is 2.06. The van der Waals surface area contributed by atoms with Crippen LogP contribution in [0.25, 0.3) is 0 Å². The van der Waals surface area contributed by atoms with Crippen molar-refractivity contribution in [1.82, 2.24) is 10.2 Å². The predicted octanol–water partition coefficient (Wildman–Crippen LogP) is 5.06. The van der Waals surface area contributed by atoms with Crippen LogP contribution in [0.4, 0.5) is 5.13 Å². The summed E-state index contributed by atoms with van der Waals surface area (Å²) in [5, 5.41) is 12.7. The lowest BCUT2D eigenvalue weighted by molar-refractivity contribution is 0.995. The minimum absolute atomic E-state index is 0.775. The van der Waals surface area contributed by atoms with E-state index < -0.39 is 0 Å². The van der Waals surface area contributed by atoms with E-state index in [-0.39, 0.29) is 0 Å². The van der Waals surface area contributed by atoms with Crippen molar-refractivity contribution in [3.63, 3.8) is 0 Å². The summed E-state index contributed by atoms with van der Waals surface area (Å²) in [5.74, 6) is 0.931. The van der Waals surface area contributed by atoms with Crippen LogP contribution < -0.4 is 5.32 Å². The monoisotopic (exact) mass is 341 g/mol. The Morgan fingerprint density at radius 3 is 2.70 bits per heavy atom. The maximum absolute atomic E-state index is 4.26. The quantitative estimate of drug-likeness (QED) is 0.636. The maximum Gasteiger partial charge on any atom is 0.206 e. The van der Waals surface area contributed by atoms with Gasteiger partial charge in [-0.05, 0) is 30.5 Å². The number of nitrogens with zero attached hydrogens (tertiary/aromatic N) is 2. The Balaban J connectivity index is 1.56. The zero-order chi connectivity index (χ0) is 16.1. The number of hydrogen-bond donors (Lipinski definition) is 1. The molecule has 0 aliphatic rings. The molecule has 2 aromatic carbocycles. The predicted molar refractivity (Wildman–Crippen MR) is 99.2 cm³/mol. The van der Waals surface area contributed by atoms with E-state index in [1.165, 1.54) is 22.3 Å². The average Bonchev–Trinajstić information content (AvgIpc) is 3.03. The molecule has 0 saturated heterocycles. The second-order valence-electron chi connectivity index (χ2n) is 5.43. The lowest BCUT2D eigenvalue weighted by Gasteiger charge is -2.05. The zero-order valence-corrected chi connectivity index (χ0v) is 14.9. The molecule has 5 heteroatoms. The highest BCUT2D eigenvalue weighted by atomic mass is 32.2. The number of aromatic nitrogens is 2. The molecule has 3 rings (SSSR count). The van der Waals surface area contributed by atoms with E-state index in [2.05, 4.69) is 59.7 Å². The molecule has 23 heavy (non-hydrogen) atoms. The number of thioether (sulfide) groups is 1. The van der Waals surface area contributed by atoms with E-state index >= 15 is 0 Å². The Morgan fingerprint density at radius 1 is 1.04 bits per heavy atom. The molecule has 0 amide bonds. The van der Waals surface area contributed by atoms with Gasteiger partial charge in [0, 0.05) is 12.3 Å². The molecular weight excluding hydrogens is 322 g/mol. The molecule has 0 aliphatic carbocycles. The van der Waals surface area contributed by atoms with Crippen LogP contribution in [-0.2, 0) is 12.3 Å². The van der Waals surface area contributed by atoms with Crippen molar-refractivity contribution in [2.45, 2.75) is 30.5 Å². The normalized spacial score (nSPS) is 10.7. The topological polar surface area (TPSA) is 37.8 Å². The van der Waals surface area contributed by atoms with Crippen molar-refractivity contribution in [3.05, 3.63) is 70.8 Å². The Kier molecular flexibility index (Phi) is 5.31. The molecule has 0 fully saturated rings. The first-order chi connectivity index (χ1) is 11.2. The van der Waals surface area contributed by atoms with Crippen molar-refractivity contribution in [2.75, 3.05) is 5.32 Å². The van der Waals surface area contributed by atoms with E-state index in [1.54, 1.807) is 23.1 Å². The Bertz CT molecular complexity index is 769. The average molecular weight is 342 g/mol. The number of hydrogen-bond acceptors (Lipinski definition) is 5. The van der Waals surface area contributed by atoms with Gasteiger partial charge < -0.3 is 5.32 Å². The fourth-order valence-corrected chi connectivity index (χ4v) is 4.02. The summed E-state index contributed by atoms with van der Waals surface area (Å²) < 4.78 is 1.00. The van der Waals surface area contributed by atoms with Crippen LogP contribution >= 0.6 is 23.1 Å². The van der Waals surface area contributed by atoms with Crippen LogP contribution in [0, 0.1) is 13.8 Å². The van der Waals surface area contributed by atoms with Crippen molar-refractivity contribution in [3.8, 4) is 0 Å². The van der Waals surface area contributed by atoms with Crippen LogP contribution in [0.2, 0.25) is 0 Å². The largest absolute Gasteiger partial charge is 0.356 e. The molecule has 0 radical (unpaired) electrons. The van der Waals surface area contributed by atoms with Crippen molar-refractivity contribution < 1.29 is 0 Å². The van der Waals surface area contributed by atoms with Gasteiger partial charge in [-0.25, -0.2) is 0 Å². The molecule has 0 saturated carbocycles. The smallest absolute Gasteiger partial charge is 0.206 e. The van der Waals surface area contributed by atoms with E-state index in [4.69, 9.17) is 0 Å². The molecule has 0 atom stereocenters. The third-order valence-corrected chi connectivity index (χ3v) is 5.61. The minimum Gasteiger partial charge on any atom is -0.356 e. The molecular formula is C18H19N3S2. The number of rotatable bonds is 6. The molecule has 0 bridgehead atoms. The molecule has 0 unspecified atom stereocenters. The van der Waals surface area contributed by atoms with Crippen LogP contribution in [0.5, 0.6) is 0 Å².